The van der Waals surface area contributed by atoms with Gasteiger partial charge in [-0.15, -0.1) is 0 Å². The maximum absolute atomic E-state index is 12.2. The van der Waals surface area contributed by atoms with Crippen molar-refractivity contribution in [2.45, 2.75) is 13.2 Å². The molecule has 0 radical (unpaired) electrons. The second kappa shape index (κ2) is 6.61. The molecule has 0 fully saturated rings. The molecular formula is C19H14N4O3. The normalized spacial score (nSPS) is 10.7. The van der Waals surface area contributed by atoms with Gasteiger partial charge in [-0.3, -0.25) is 4.68 Å². The highest BCUT2D eigenvalue weighted by molar-refractivity contribution is 5.86. The first-order chi connectivity index (χ1) is 12.7. The van der Waals surface area contributed by atoms with Gasteiger partial charge in [0.05, 0.1) is 17.6 Å². The average Bonchev–Trinajstić information content (AvgIpc) is 3.39. The van der Waals surface area contributed by atoms with E-state index in [1.54, 1.807) is 29.2 Å². The molecule has 0 atom stereocenters. The molecule has 4 aromatic heterocycles. The van der Waals surface area contributed by atoms with E-state index < -0.39 is 5.97 Å². The minimum Gasteiger partial charge on any atom is -0.455 e. The van der Waals surface area contributed by atoms with Gasteiger partial charge in [-0.2, -0.15) is 10.4 Å². The van der Waals surface area contributed by atoms with Crippen molar-refractivity contribution in [2.75, 3.05) is 0 Å². The van der Waals surface area contributed by atoms with E-state index in [0.717, 1.165) is 5.52 Å². The molecule has 4 aromatic rings. The molecule has 0 saturated heterocycles. The summed E-state index contributed by atoms with van der Waals surface area (Å²) in [5.74, 6) is 0.151. The molecular weight excluding hydrogens is 332 g/mol. The summed E-state index contributed by atoms with van der Waals surface area (Å²) in [6.07, 6.45) is 7.11. The average molecular weight is 346 g/mol. The summed E-state index contributed by atoms with van der Waals surface area (Å²) in [7, 11) is 0. The van der Waals surface area contributed by atoms with Crippen molar-refractivity contribution >= 4 is 11.5 Å². The molecule has 0 aliphatic rings. The van der Waals surface area contributed by atoms with Crippen LogP contribution in [0.1, 0.15) is 27.4 Å². The largest absolute Gasteiger partial charge is 0.455 e. The van der Waals surface area contributed by atoms with Gasteiger partial charge in [0.1, 0.15) is 18.4 Å². The SMILES string of the molecule is N#Cc1c(COC(=O)c2ccc(Cn3cccn3)o2)cn2ccccc12. The first kappa shape index (κ1) is 15.7. The predicted molar refractivity (Wildman–Crippen MR) is 91.3 cm³/mol. The van der Waals surface area contributed by atoms with Gasteiger partial charge >= 0.3 is 5.97 Å². The summed E-state index contributed by atoms with van der Waals surface area (Å²) in [5.41, 5.74) is 1.92. The van der Waals surface area contributed by atoms with Crippen LogP contribution in [-0.4, -0.2) is 20.2 Å². The first-order valence-electron chi connectivity index (χ1n) is 7.96. The van der Waals surface area contributed by atoms with Crippen LogP contribution in [0.5, 0.6) is 0 Å². The molecule has 0 N–H and O–H groups in total. The number of esters is 1. The Labute approximate surface area is 148 Å². The van der Waals surface area contributed by atoms with Crippen molar-refractivity contribution in [3.05, 3.63) is 83.8 Å². The number of hydrogen-bond donors (Lipinski definition) is 0. The summed E-state index contributed by atoms with van der Waals surface area (Å²) >= 11 is 0. The lowest BCUT2D eigenvalue weighted by Gasteiger charge is -2.02. The number of hydrogen-bond acceptors (Lipinski definition) is 5. The number of fused-ring (bicyclic) bond motifs is 1. The van der Waals surface area contributed by atoms with E-state index in [2.05, 4.69) is 11.2 Å². The van der Waals surface area contributed by atoms with Crippen molar-refractivity contribution in [1.29, 1.82) is 5.26 Å². The lowest BCUT2D eigenvalue weighted by Crippen LogP contribution is -2.04. The van der Waals surface area contributed by atoms with E-state index in [1.165, 1.54) is 0 Å². The zero-order chi connectivity index (χ0) is 17.9. The number of ether oxygens (including phenoxy) is 1. The van der Waals surface area contributed by atoms with Crippen LogP contribution in [0.3, 0.4) is 0 Å². The van der Waals surface area contributed by atoms with Gasteiger partial charge in [-0.1, -0.05) is 6.07 Å². The molecule has 4 heterocycles. The summed E-state index contributed by atoms with van der Waals surface area (Å²) < 4.78 is 14.4. The third-order valence-electron chi connectivity index (χ3n) is 3.97. The molecule has 128 valence electrons. The fourth-order valence-corrected chi connectivity index (χ4v) is 2.76. The van der Waals surface area contributed by atoms with E-state index in [9.17, 15) is 10.1 Å². The Morgan fingerprint density at radius 2 is 2.15 bits per heavy atom. The Bertz CT molecular complexity index is 1100. The molecule has 26 heavy (non-hydrogen) atoms. The maximum Gasteiger partial charge on any atom is 0.374 e. The second-order valence-electron chi connectivity index (χ2n) is 5.68. The number of carbonyl (C=O) groups excluding carboxylic acids is 1. The third kappa shape index (κ3) is 2.96. The lowest BCUT2D eigenvalue weighted by atomic mass is 10.2. The Balaban J connectivity index is 1.46. The highest BCUT2D eigenvalue weighted by Crippen LogP contribution is 2.19. The van der Waals surface area contributed by atoms with E-state index in [4.69, 9.17) is 9.15 Å². The van der Waals surface area contributed by atoms with E-state index >= 15 is 0 Å². The van der Waals surface area contributed by atoms with Gasteiger partial charge in [-0.25, -0.2) is 4.79 Å². The number of pyridine rings is 1. The number of nitrogens with zero attached hydrogens (tertiary/aromatic N) is 4. The van der Waals surface area contributed by atoms with Crippen LogP contribution in [-0.2, 0) is 17.9 Å². The van der Waals surface area contributed by atoms with Gasteiger partial charge in [0.25, 0.3) is 0 Å². The summed E-state index contributed by atoms with van der Waals surface area (Å²) in [5, 5.41) is 13.5. The first-order valence-corrected chi connectivity index (χ1v) is 7.96. The number of aromatic nitrogens is 3. The monoisotopic (exact) mass is 346 g/mol. The Morgan fingerprint density at radius 3 is 2.96 bits per heavy atom. The summed E-state index contributed by atoms with van der Waals surface area (Å²) in [4.78, 5) is 12.2. The van der Waals surface area contributed by atoms with E-state index in [0.29, 0.717) is 23.4 Å². The van der Waals surface area contributed by atoms with Gasteiger partial charge in [-0.05, 0) is 30.3 Å². The molecule has 0 aliphatic carbocycles. The van der Waals surface area contributed by atoms with Crippen LogP contribution >= 0.6 is 0 Å². The Hall–Kier alpha value is -3.79. The molecule has 7 nitrogen and oxygen atoms in total. The molecule has 0 bridgehead atoms. The fraction of sp³-hybridized carbons (Fsp3) is 0.105. The maximum atomic E-state index is 12.2. The van der Waals surface area contributed by atoms with Crippen LogP contribution in [0.2, 0.25) is 0 Å². The Kier molecular flexibility index (Phi) is 4.00. The van der Waals surface area contributed by atoms with Gasteiger partial charge in [0.2, 0.25) is 5.76 Å². The van der Waals surface area contributed by atoms with Crippen molar-refractivity contribution in [1.82, 2.24) is 14.2 Å². The third-order valence-corrected chi connectivity index (χ3v) is 3.97. The molecule has 0 unspecified atom stereocenters. The van der Waals surface area contributed by atoms with Crippen molar-refractivity contribution < 1.29 is 13.9 Å². The predicted octanol–water partition coefficient (Wildman–Crippen LogP) is 3.01. The molecule has 0 saturated carbocycles. The smallest absolute Gasteiger partial charge is 0.374 e. The Morgan fingerprint density at radius 1 is 1.23 bits per heavy atom. The summed E-state index contributed by atoms with van der Waals surface area (Å²) in [6.45, 7) is 0.433. The molecule has 7 heteroatoms. The van der Waals surface area contributed by atoms with Crippen molar-refractivity contribution in [3.8, 4) is 6.07 Å². The number of carbonyl (C=O) groups is 1. The zero-order valence-electron chi connectivity index (χ0n) is 13.7. The van der Waals surface area contributed by atoms with Crippen molar-refractivity contribution in [2.24, 2.45) is 0 Å². The highest BCUT2D eigenvalue weighted by Gasteiger charge is 2.16. The topological polar surface area (TPSA) is 85.5 Å². The molecule has 0 spiro atoms. The quantitative estimate of drug-likeness (QED) is 0.519. The van der Waals surface area contributed by atoms with Crippen LogP contribution in [0.15, 0.2) is 65.6 Å². The van der Waals surface area contributed by atoms with E-state index in [1.807, 2.05) is 41.1 Å². The second-order valence-corrected chi connectivity index (χ2v) is 5.68. The number of furan rings is 1. The lowest BCUT2D eigenvalue weighted by molar-refractivity contribution is 0.0434. The van der Waals surface area contributed by atoms with Crippen LogP contribution in [0, 0.1) is 11.3 Å². The van der Waals surface area contributed by atoms with Crippen LogP contribution in [0.25, 0.3) is 5.52 Å². The molecule has 0 aliphatic heterocycles. The minimum absolute atomic E-state index is 0.00139. The number of rotatable bonds is 5. The molecule has 4 rings (SSSR count). The standard InChI is InChI=1S/C19H14N4O3/c20-10-16-14(11-22-8-2-1-4-17(16)22)13-25-19(24)18-6-5-15(26-18)12-23-9-3-7-21-23/h1-9,11H,12-13H2. The summed E-state index contributed by atoms with van der Waals surface area (Å²) in [6, 6.07) is 12.8. The van der Waals surface area contributed by atoms with Crippen LogP contribution in [0.4, 0.5) is 0 Å². The molecule has 0 aromatic carbocycles. The molecule has 0 amide bonds. The van der Waals surface area contributed by atoms with Crippen LogP contribution < -0.4 is 0 Å². The minimum atomic E-state index is -0.573. The fourth-order valence-electron chi connectivity index (χ4n) is 2.76. The van der Waals surface area contributed by atoms with Gasteiger partial charge in [0, 0.05) is 30.4 Å². The van der Waals surface area contributed by atoms with Gasteiger partial charge in [0.15, 0.2) is 0 Å². The van der Waals surface area contributed by atoms with Crippen molar-refractivity contribution in [3.63, 3.8) is 0 Å². The van der Waals surface area contributed by atoms with E-state index in [-0.39, 0.29) is 12.4 Å². The zero-order valence-corrected chi connectivity index (χ0v) is 13.7. The van der Waals surface area contributed by atoms with Gasteiger partial charge < -0.3 is 13.6 Å². The highest BCUT2D eigenvalue weighted by atomic mass is 16.5. The number of nitriles is 1.